The maximum atomic E-state index is 13.0. The summed E-state index contributed by atoms with van der Waals surface area (Å²) >= 11 is 9.67. The standard InChI is InChI=1S/C18H20BrClN4O3/c1-5-12-13(19)10-24-14(12)15(21-16(20)22-24)23(9-11-7-6-8-26-11)17(25)27-18(2,3)4/h6-8,10H,5,9H2,1-4H3. The van der Waals surface area contributed by atoms with E-state index in [0.29, 0.717) is 17.1 Å². The number of hydrogen-bond acceptors (Lipinski definition) is 5. The molecule has 3 aromatic heterocycles. The van der Waals surface area contributed by atoms with Crippen LogP contribution in [0.1, 0.15) is 39.0 Å². The highest BCUT2D eigenvalue weighted by Crippen LogP contribution is 2.32. The molecule has 0 saturated heterocycles. The molecular weight excluding hydrogens is 436 g/mol. The highest BCUT2D eigenvalue weighted by molar-refractivity contribution is 9.10. The van der Waals surface area contributed by atoms with Crippen LogP contribution in [0.25, 0.3) is 5.52 Å². The van der Waals surface area contributed by atoms with Gasteiger partial charge in [0.2, 0.25) is 5.28 Å². The van der Waals surface area contributed by atoms with Crippen molar-refractivity contribution < 1.29 is 13.9 Å². The van der Waals surface area contributed by atoms with Crippen LogP contribution >= 0.6 is 27.5 Å². The van der Waals surface area contributed by atoms with Crippen molar-refractivity contribution in [1.82, 2.24) is 14.6 Å². The summed E-state index contributed by atoms with van der Waals surface area (Å²) in [6.07, 6.45) is 3.52. The average molecular weight is 456 g/mol. The van der Waals surface area contributed by atoms with Gasteiger partial charge in [-0.25, -0.2) is 9.31 Å². The van der Waals surface area contributed by atoms with Gasteiger partial charge in [-0.05, 0) is 72.4 Å². The minimum absolute atomic E-state index is 0.0238. The Morgan fingerprint density at radius 1 is 1.44 bits per heavy atom. The Labute approximate surface area is 170 Å². The highest BCUT2D eigenvalue weighted by atomic mass is 79.9. The third-order valence-electron chi connectivity index (χ3n) is 3.76. The van der Waals surface area contributed by atoms with Crippen LogP contribution in [0.5, 0.6) is 0 Å². The van der Waals surface area contributed by atoms with Crippen LogP contribution in [0.15, 0.2) is 33.5 Å². The van der Waals surface area contributed by atoms with E-state index in [2.05, 4.69) is 26.0 Å². The maximum Gasteiger partial charge on any atom is 0.416 e. The molecule has 0 saturated carbocycles. The van der Waals surface area contributed by atoms with Crippen molar-refractivity contribution in [3.63, 3.8) is 0 Å². The second-order valence-corrected chi connectivity index (χ2v) is 8.15. The van der Waals surface area contributed by atoms with Gasteiger partial charge in [0, 0.05) is 10.7 Å². The third kappa shape index (κ3) is 4.27. The molecule has 3 aromatic rings. The monoisotopic (exact) mass is 454 g/mol. The number of aromatic nitrogens is 3. The predicted octanol–water partition coefficient (Wildman–Crippen LogP) is 5.24. The minimum atomic E-state index is -0.665. The number of hydrogen-bond donors (Lipinski definition) is 0. The van der Waals surface area contributed by atoms with E-state index in [9.17, 15) is 4.79 Å². The number of halogens is 2. The Morgan fingerprint density at radius 2 is 2.19 bits per heavy atom. The highest BCUT2D eigenvalue weighted by Gasteiger charge is 2.29. The molecule has 0 aromatic carbocycles. The molecule has 0 radical (unpaired) electrons. The number of rotatable bonds is 4. The van der Waals surface area contributed by atoms with Crippen LogP contribution in [0, 0.1) is 0 Å². The second-order valence-electron chi connectivity index (χ2n) is 6.95. The quantitative estimate of drug-likeness (QED) is 0.538. The van der Waals surface area contributed by atoms with E-state index in [1.54, 1.807) is 29.1 Å². The Balaban J connectivity index is 2.17. The number of nitrogens with zero attached hydrogens (tertiary/aromatic N) is 4. The molecule has 0 aliphatic heterocycles. The Hall–Kier alpha value is -2.06. The summed E-state index contributed by atoms with van der Waals surface area (Å²) in [6.45, 7) is 7.59. The molecule has 0 bridgehead atoms. The lowest BCUT2D eigenvalue weighted by Gasteiger charge is -2.26. The number of aryl methyl sites for hydroxylation is 1. The molecule has 1 amide bonds. The molecular formula is C18H20BrClN4O3. The zero-order valence-corrected chi connectivity index (χ0v) is 17.8. The molecule has 0 aliphatic rings. The van der Waals surface area contributed by atoms with Gasteiger partial charge in [0.1, 0.15) is 16.9 Å². The lowest BCUT2D eigenvalue weighted by molar-refractivity contribution is 0.0574. The van der Waals surface area contributed by atoms with Gasteiger partial charge in [-0.15, -0.1) is 5.10 Å². The molecule has 0 atom stereocenters. The lowest BCUT2D eigenvalue weighted by atomic mass is 10.2. The number of amides is 1. The SMILES string of the molecule is CCc1c(Br)cn2nc(Cl)nc(N(Cc3ccco3)C(=O)OC(C)(C)C)c12. The molecule has 7 nitrogen and oxygen atoms in total. The summed E-state index contributed by atoms with van der Waals surface area (Å²) in [4.78, 5) is 18.8. The fourth-order valence-electron chi connectivity index (χ4n) is 2.69. The Morgan fingerprint density at radius 3 is 2.78 bits per heavy atom. The molecule has 0 aliphatic carbocycles. The van der Waals surface area contributed by atoms with Gasteiger partial charge < -0.3 is 9.15 Å². The summed E-state index contributed by atoms with van der Waals surface area (Å²) in [6, 6.07) is 3.54. The van der Waals surface area contributed by atoms with E-state index >= 15 is 0 Å². The summed E-state index contributed by atoms with van der Waals surface area (Å²) in [5.41, 5.74) is 0.989. The average Bonchev–Trinajstić information content (AvgIpc) is 3.16. The van der Waals surface area contributed by atoms with E-state index in [4.69, 9.17) is 20.8 Å². The van der Waals surface area contributed by atoms with Crippen LogP contribution < -0.4 is 4.90 Å². The van der Waals surface area contributed by atoms with Gasteiger partial charge in [-0.2, -0.15) is 4.98 Å². The maximum absolute atomic E-state index is 13.0. The van der Waals surface area contributed by atoms with Gasteiger partial charge in [0.15, 0.2) is 5.82 Å². The molecule has 3 heterocycles. The van der Waals surface area contributed by atoms with Crippen LogP contribution in [-0.4, -0.2) is 26.3 Å². The Bertz CT molecular complexity index is 963. The second kappa shape index (κ2) is 7.52. The Kier molecular flexibility index (Phi) is 5.48. The van der Waals surface area contributed by atoms with Crippen molar-refractivity contribution in [1.29, 1.82) is 0 Å². The lowest BCUT2D eigenvalue weighted by Crippen LogP contribution is -2.37. The summed E-state index contributed by atoms with van der Waals surface area (Å²) < 4.78 is 13.5. The molecule has 0 spiro atoms. The zero-order valence-electron chi connectivity index (χ0n) is 15.5. The number of ether oxygens (including phenoxy) is 1. The molecule has 0 fully saturated rings. The fourth-order valence-corrected chi connectivity index (χ4v) is 3.52. The van der Waals surface area contributed by atoms with Crippen molar-refractivity contribution in [2.24, 2.45) is 0 Å². The first kappa shape index (κ1) is 19.7. The van der Waals surface area contributed by atoms with Crippen molar-refractivity contribution in [2.75, 3.05) is 4.90 Å². The topological polar surface area (TPSA) is 72.9 Å². The van der Waals surface area contributed by atoms with E-state index < -0.39 is 11.7 Å². The van der Waals surface area contributed by atoms with Crippen molar-refractivity contribution >= 4 is 45.0 Å². The first-order chi connectivity index (χ1) is 12.7. The van der Waals surface area contributed by atoms with E-state index in [1.807, 2.05) is 27.7 Å². The van der Waals surface area contributed by atoms with Crippen LogP contribution in [0.2, 0.25) is 5.28 Å². The molecule has 0 N–H and O–H groups in total. The van der Waals surface area contributed by atoms with Gasteiger partial charge in [-0.1, -0.05) is 6.92 Å². The summed E-state index contributed by atoms with van der Waals surface area (Å²) in [5.74, 6) is 0.959. The van der Waals surface area contributed by atoms with Crippen LogP contribution in [-0.2, 0) is 17.7 Å². The fraction of sp³-hybridized carbons (Fsp3) is 0.389. The van der Waals surface area contributed by atoms with Gasteiger partial charge in [-0.3, -0.25) is 4.90 Å². The normalized spacial score (nSPS) is 11.8. The summed E-state index contributed by atoms with van der Waals surface area (Å²) in [5, 5.41) is 4.24. The number of furan rings is 1. The number of fused-ring (bicyclic) bond motifs is 1. The largest absolute Gasteiger partial charge is 0.467 e. The summed E-state index contributed by atoms with van der Waals surface area (Å²) in [7, 11) is 0. The van der Waals surface area contributed by atoms with E-state index in [0.717, 1.165) is 16.5 Å². The first-order valence-electron chi connectivity index (χ1n) is 8.45. The molecule has 3 rings (SSSR count). The molecule has 9 heteroatoms. The van der Waals surface area contributed by atoms with Gasteiger partial charge >= 0.3 is 6.09 Å². The van der Waals surface area contributed by atoms with Crippen molar-refractivity contribution in [3.8, 4) is 0 Å². The zero-order chi connectivity index (χ0) is 19.8. The van der Waals surface area contributed by atoms with E-state index in [-0.39, 0.29) is 11.8 Å². The van der Waals surface area contributed by atoms with Crippen molar-refractivity contribution in [3.05, 3.63) is 45.7 Å². The predicted molar refractivity (Wildman–Crippen MR) is 106 cm³/mol. The van der Waals surface area contributed by atoms with Gasteiger partial charge in [0.05, 0.1) is 12.8 Å². The van der Waals surface area contributed by atoms with E-state index in [1.165, 1.54) is 4.90 Å². The van der Waals surface area contributed by atoms with Crippen molar-refractivity contribution in [2.45, 2.75) is 46.3 Å². The van der Waals surface area contributed by atoms with Crippen LogP contribution in [0.4, 0.5) is 10.6 Å². The molecule has 27 heavy (non-hydrogen) atoms. The smallest absolute Gasteiger partial charge is 0.416 e. The first-order valence-corrected chi connectivity index (χ1v) is 9.63. The molecule has 144 valence electrons. The third-order valence-corrected chi connectivity index (χ3v) is 4.60. The van der Waals surface area contributed by atoms with Crippen LogP contribution in [0.3, 0.4) is 0 Å². The minimum Gasteiger partial charge on any atom is -0.467 e. The molecule has 0 unspecified atom stereocenters. The number of carbonyl (C=O) groups excluding carboxylic acids is 1. The number of carbonyl (C=O) groups is 1. The van der Waals surface area contributed by atoms with Gasteiger partial charge in [0.25, 0.3) is 0 Å². The number of anilines is 1.